The van der Waals surface area contributed by atoms with E-state index in [1.807, 2.05) is 0 Å². The molecule has 0 aromatic carbocycles. The zero-order valence-electron chi connectivity index (χ0n) is 8.69. The molecule has 0 saturated heterocycles. The summed E-state index contributed by atoms with van der Waals surface area (Å²) in [7, 11) is 1.63. The maximum atomic E-state index is 9.86. The van der Waals surface area contributed by atoms with Gasteiger partial charge in [-0.3, -0.25) is 4.68 Å². The first kappa shape index (κ1) is 12.6. The van der Waals surface area contributed by atoms with Crippen LogP contribution in [0.2, 0.25) is 0 Å². The van der Waals surface area contributed by atoms with Crippen LogP contribution in [0.5, 0.6) is 0 Å². The lowest BCUT2D eigenvalue weighted by molar-refractivity contribution is 0.147. The second-order valence-electron chi connectivity index (χ2n) is 3.19. The van der Waals surface area contributed by atoms with E-state index in [1.165, 1.54) is 0 Å². The fraction of sp³-hybridized carbons (Fsp3) is 0.667. The van der Waals surface area contributed by atoms with Gasteiger partial charge in [0.15, 0.2) is 0 Å². The van der Waals surface area contributed by atoms with Gasteiger partial charge in [0.25, 0.3) is 0 Å². The van der Waals surface area contributed by atoms with Gasteiger partial charge in [-0.1, -0.05) is 0 Å². The average molecular weight is 278 g/mol. The smallest absolute Gasteiger partial charge is 0.0980 e. The Balaban J connectivity index is 2.78. The molecule has 1 atom stereocenters. The molecule has 3 N–H and O–H groups in total. The van der Waals surface area contributed by atoms with Gasteiger partial charge >= 0.3 is 0 Å². The van der Waals surface area contributed by atoms with Gasteiger partial charge in [-0.15, -0.1) is 0 Å². The maximum Gasteiger partial charge on any atom is 0.0980 e. The molecule has 5 nitrogen and oxygen atoms in total. The standard InChI is InChI=1S/C9H16BrN3O2/c1-15-5-4-13-9(7(10)6-12-13)8(14)2-3-11/h6,8,14H,2-5,11H2,1H3. The summed E-state index contributed by atoms with van der Waals surface area (Å²) in [6.45, 7) is 1.64. The van der Waals surface area contributed by atoms with Crippen molar-refractivity contribution in [2.45, 2.75) is 19.1 Å². The number of halogens is 1. The Morgan fingerprint density at radius 1 is 1.73 bits per heavy atom. The van der Waals surface area contributed by atoms with Gasteiger partial charge in [0.2, 0.25) is 0 Å². The number of nitrogens with zero attached hydrogens (tertiary/aromatic N) is 2. The van der Waals surface area contributed by atoms with Crippen molar-refractivity contribution >= 4 is 15.9 Å². The molecular formula is C9H16BrN3O2. The molecule has 86 valence electrons. The number of nitrogens with two attached hydrogens (primary N) is 1. The number of aliphatic hydroxyl groups is 1. The molecule has 0 fully saturated rings. The van der Waals surface area contributed by atoms with Gasteiger partial charge in [0.05, 0.1) is 35.6 Å². The number of aliphatic hydroxyl groups excluding tert-OH is 1. The number of hydrogen-bond acceptors (Lipinski definition) is 4. The molecule has 0 radical (unpaired) electrons. The van der Waals surface area contributed by atoms with E-state index >= 15 is 0 Å². The van der Waals surface area contributed by atoms with Crippen molar-refractivity contribution in [2.75, 3.05) is 20.3 Å². The van der Waals surface area contributed by atoms with Crippen molar-refractivity contribution in [1.29, 1.82) is 0 Å². The molecule has 1 unspecified atom stereocenters. The molecule has 0 aliphatic rings. The molecule has 1 heterocycles. The van der Waals surface area contributed by atoms with Gasteiger partial charge in [-0.05, 0) is 28.9 Å². The predicted molar refractivity (Wildman–Crippen MR) is 60.4 cm³/mol. The topological polar surface area (TPSA) is 73.3 Å². The van der Waals surface area contributed by atoms with Crippen molar-refractivity contribution in [3.63, 3.8) is 0 Å². The lowest BCUT2D eigenvalue weighted by Gasteiger charge is -2.13. The van der Waals surface area contributed by atoms with Crippen molar-refractivity contribution in [3.05, 3.63) is 16.4 Å². The SMILES string of the molecule is COCCn1ncc(Br)c1C(O)CCN. The van der Waals surface area contributed by atoms with Gasteiger partial charge in [-0.2, -0.15) is 5.10 Å². The molecule has 1 rings (SSSR count). The largest absolute Gasteiger partial charge is 0.387 e. The molecule has 0 bridgehead atoms. The number of methoxy groups -OCH3 is 1. The maximum absolute atomic E-state index is 9.86. The molecule has 0 spiro atoms. The Morgan fingerprint density at radius 2 is 2.47 bits per heavy atom. The fourth-order valence-corrected chi connectivity index (χ4v) is 1.91. The highest BCUT2D eigenvalue weighted by molar-refractivity contribution is 9.10. The highest BCUT2D eigenvalue weighted by atomic mass is 79.9. The number of ether oxygens (including phenoxy) is 1. The summed E-state index contributed by atoms with van der Waals surface area (Å²) in [5, 5.41) is 14.0. The van der Waals surface area contributed by atoms with Crippen molar-refractivity contribution in [2.24, 2.45) is 5.73 Å². The Kier molecular flexibility index (Phi) is 5.24. The van der Waals surface area contributed by atoms with Crippen LogP contribution in [-0.4, -0.2) is 35.1 Å². The monoisotopic (exact) mass is 277 g/mol. The van der Waals surface area contributed by atoms with E-state index < -0.39 is 6.10 Å². The molecule has 0 saturated carbocycles. The van der Waals surface area contributed by atoms with Gasteiger partial charge < -0.3 is 15.6 Å². The Bertz CT molecular complexity index is 304. The third kappa shape index (κ3) is 3.27. The average Bonchev–Trinajstić information content (AvgIpc) is 2.57. The first-order chi connectivity index (χ1) is 7.20. The van der Waals surface area contributed by atoms with E-state index in [9.17, 15) is 5.11 Å². The van der Waals surface area contributed by atoms with E-state index in [4.69, 9.17) is 10.5 Å². The quantitative estimate of drug-likeness (QED) is 0.802. The van der Waals surface area contributed by atoms with Gasteiger partial charge in [-0.25, -0.2) is 0 Å². The van der Waals surface area contributed by atoms with Crippen LogP contribution in [0.1, 0.15) is 18.2 Å². The molecule has 15 heavy (non-hydrogen) atoms. The second-order valence-corrected chi connectivity index (χ2v) is 4.04. The normalized spacial score (nSPS) is 13.1. The zero-order valence-corrected chi connectivity index (χ0v) is 10.3. The molecule has 6 heteroatoms. The molecule has 1 aromatic rings. The molecule has 0 amide bonds. The highest BCUT2D eigenvalue weighted by Gasteiger charge is 2.16. The lowest BCUT2D eigenvalue weighted by Crippen LogP contribution is -2.15. The summed E-state index contributed by atoms with van der Waals surface area (Å²) < 4.78 is 7.50. The molecule has 0 aliphatic heterocycles. The Labute approximate surface area is 97.3 Å². The fourth-order valence-electron chi connectivity index (χ4n) is 1.35. The van der Waals surface area contributed by atoms with Gasteiger partial charge in [0.1, 0.15) is 0 Å². The van der Waals surface area contributed by atoms with E-state index in [2.05, 4.69) is 21.0 Å². The van der Waals surface area contributed by atoms with Crippen LogP contribution < -0.4 is 5.73 Å². The summed E-state index contributed by atoms with van der Waals surface area (Å²) in [6, 6.07) is 0. The third-order valence-corrected chi connectivity index (χ3v) is 2.71. The van der Waals surface area contributed by atoms with Gasteiger partial charge in [0, 0.05) is 7.11 Å². The van der Waals surface area contributed by atoms with Crippen LogP contribution >= 0.6 is 15.9 Å². The second kappa shape index (κ2) is 6.22. The number of rotatable bonds is 6. The van der Waals surface area contributed by atoms with Crippen LogP contribution in [0.3, 0.4) is 0 Å². The Hall–Kier alpha value is -0.430. The van der Waals surface area contributed by atoms with Crippen LogP contribution in [-0.2, 0) is 11.3 Å². The lowest BCUT2D eigenvalue weighted by atomic mass is 10.2. The van der Waals surface area contributed by atoms with Crippen LogP contribution in [0, 0.1) is 0 Å². The third-order valence-electron chi connectivity index (χ3n) is 2.10. The van der Waals surface area contributed by atoms with Crippen LogP contribution in [0.4, 0.5) is 0 Å². The first-order valence-electron chi connectivity index (χ1n) is 4.79. The van der Waals surface area contributed by atoms with E-state index in [0.29, 0.717) is 26.1 Å². The van der Waals surface area contributed by atoms with E-state index in [0.717, 1.165) is 10.2 Å². The van der Waals surface area contributed by atoms with Crippen molar-refractivity contribution in [1.82, 2.24) is 9.78 Å². The minimum Gasteiger partial charge on any atom is -0.387 e. The minimum atomic E-state index is -0.580. The minimum absolute atomic E-state index is 0.447. The zero-order chi connectivity index (χ0) is 11.3. The number of hydrogen-bond donors (Lipinski definition) is 2. The number of aromatic nitrogens is 2. The first-order valence-corrected chi connectivity index (χ1v) is 5.58. The van der Waals surface area contributed by atoms with Crippen molar-refractivity contribution in [3.8, 4) is 0 Å². The van der Waals surface area contributed by atoms with Crippen LogP contribution in [0.15, 0.2) is 10.7 Å². The van der Waals surface area contributed by atoms with E-state index in [-0.39, 0.29) is 0 Å². The molecule has 1 aromatic heterocycles. The summed E-state index contributed by atoms with van der Waals surface area (Å²) in [6.07, 6.45) is 1.62. The predicted octanol–water partition coefficient (Wildman–Crippen LogP) is 0.674. The summed E-state index contributed by atoms with van der Waals surface area (Å²) in [5.41, 5.74) is 6.17. The summed E-state index contributed by atoms with van der Waals surface area (Å²) in [4.78, 5) is 0. The van der Waals surface area contributed by atoms with Crippen molar-refractivity contribution < 1.29 is 9.84 Å². The van der Waals surface area contributed by atoms with Crippen LogP contribution in [0.25, 0.3) is 0 Å². The molecule has 0 aliphatic carbocycles. The summed E-state index contributed by atoms with van der Waals surface area (Å²) >= 11 is 3.35. The Morgan fingerprint density at radius 3 is 3.07 bits per heavy atom. The summed E-state index contributed by atoms with van der Waals surface area (Å²) in [5.74, 6) is 0. The van der Waals surface area contributed by atoms with E-state index in [1.54, 1.807) is 18.0 Å². The molecular weight excluding hydrogens is 262 g/mol. The highest BCUT2D eigenvalue weighted by Crippen LogP contribution is 2.24.